The van der Waals surface area contributed by atoms with Gasteiger partial charge in [0, 0.05) is 38.3 Å². The maximum Gasteiger partial charge on any atom is 0.356 e. The highest BCUT2D eigenvalue weighted by Crippen LogP contribution is 2.27. The summed E-state index contributed by atoms with van der Waals surface area (Å²) in [4.78, 5) is 43.9. The lowest BCUT2D eigenvalue weighted by Gasteiger charge is -2.36. The molecule has 1 N–H and O–H groups in total. The van der Waals surface area contributed by atoms with Gasteiger partial charge in [-0.3, -0.25) is 14.5 Å². The number of hydrogen-bond acceptors (Lipinski definition) is 7. The van der Waals surface area contributed by atoms with Gasteiger partial charge >= 0.3 is 17.6 Å². The Morgan fingerprint density at radius 3 is 2.15 bits per heavy atom. The number of unbranched alkanes of at least 4 members (excludes halogenated alkanes) is 2. The molecular weight excluding hydrogens is 529 g/mol. The number of esters is 2. The first-order chi connectivity index (χ1) is 19.2. The molecule has 0 radical (unpaired) electrons. The van der Waals surface area contributed by atoms with Gasteiger partial charge < -0.3 is 14.4 Å². The minimum atomic E-state index is -1.64. The van der Waals surface area contributed by atoms with Gasteiger partial charge in [-0.15, -0.1) is 0 Å². The number of H-pyrrole nitrogens is 1. The lowest BCUT2D eigenvalue weighted by molar-refractivity contribution is 0.0589. The van der Waals surface area contributed by atoms with Gasteiger partial charge in [0.2, 0.25) is 0 Å². The monoisotopic (exact) mass is 560 g/mol. The minimum absolute atomic E-state index is 0.0574. The highest BCUT2D eigenvalue weighted by Gasteiger charge is 2.25. The van der Waals surface area contributed by atoms with Crippen LogP contribution in [0.4, 0.5) is 18.9 Å². The third kappa shape index (κ3) is 6.22. The standard InChI is InChI=1S/C28H31F3N4O5/c1-39-26(36)19-8-4-5-9-22(19)34-14-12-33(13-15-34)10-6-3-7-11-35-25(24(27(37)40-2)32-28(35)38)18-16-20(29)23(31)21(30)17-18/h4-5,8-9,16-17H,3,6-7,10-15H2,1-2H3,(H,32,38). The zero-order chi connectivity index (χ0) is 28.8. The van der Waals surface area contributed by atoms with Crippen LogP contribution in [0.15, 0.2) is 41.2 Å². The number of carbonyl (C=O) groups is 2. The summed E-state index contributed by atoms with van der Waals surface area (Å²) in [6, 6.07) is 8.86. The Balaban J connectivity index is 1.34. The Bertz CT molecular complexity index is 1410. The second-order valence-corrected chi connectivity index (χ2v) is 9.45. The summed E-state index contributed by atoms with van der Waals surface area (Å²) in [5, 5.41) is 0. The fourth-order valence-electron chi connectivity index (χ4n) is 4.95. The molecule has 4 rings (SSSR count). The molecule has 2 heterocycles. The number of nitrogens with one attached hydrogen (secondary N) is 1. The number of benzene rings is 2. The van der Waals surface area contributed by atoms with Gasteiger partial charge in [-0.2, -0.15) is 0 Å². The van der Waals surface area contributed by atoms with Crippen LogP contribution in [0, 0.1) is 17.5 Å². The molecule has 3 aromatic rings. The lowest BCUT2D eigenvalue weighted by atomic mass is 10.1. The van der Waals surface area contributed by atoms with Crippen LogP contribution in [-0.4, -0.2) is 73.3 Å². The summed E-state index contributed by atoms with van der Waals surface area (Å²) < 4.78 is 52.2. The minimum Gasteiger partial charge on any atom is -0.465 e. The maximum absolute atomic E-state index is 13.9. The van der Waals surface area contributed by atoms with E-state index >= 15 is 0 Å². The molecule has 40 heavy (non-hydrogen) atoms. The molecule has 12 heteroatoms. The van der Waals surface area contributed by atoms with Crippen LogP contribution in [0.3, 0.4) is 0 Å². The summed E-state index contributed by atoms with van der Waals surface area (Å²) in [6.45, 7) is 4.18. The molecule has 1 aliphatic heterocycles. The van der Waals surface area contributed by atoms with Crippen molar-refractivity contribution in [1.82, 2.24) is 14.5 Å². The summed E-state index contributed by atoms with van der Waals surface area (Å²) in [5.41, 5.74) is 0.293. The molecule has 1 aromatic heterocycles. The molecule has 1 fully saturated rings. The van der Waals surface area contributed by atoms with E-state index in [4.69, 9.17) is 9.47 Å². The largest absolute Gasteiger partial charge is 0.465 e. The van der Waals surface area contributed by atoms with Gasteiger partial charge in [-0.25, -0.2) is 27.6 Å². The average molecular weight is 561 g/mol. The number of hydrogen-bond donors (Lipinski definition) is 1. The fraction of sp³-hybridized carbons (Fsp3) is 0.393. The van der Waals surface area contributed by atoms with Crippen molar-refractivity contribution in [3.05, 3.63) is 75.6 Å². The second-order valence-electron chi connectivity index (χ2n) is 9.45. The number of imidazole rings is 1. The topological polar surface area (TPSA) is 96.9 Å². The van der Waals surface area contributed by atoms with E-state index in [9.17, 15) is 27.6 Å². The quantitative estimate of drug-likeness (QED) is 0.229. The number of aromatic amines is 1. The molecule has 0 unspecified atom stereocenters. The van der Waals surface area contributed by atoms with Crippen LogP contribution in [-0.2, 0) is 16.0 Å². The molecule has 0 bridgehead atoms. The van der Waals surface area contributed by atoms with E-state index in [1.807, 2.05) is 18.2 Å². The van der Waals surface area contributed by atoms with Gasteiger partial charge in [-0.05, 0) is 43.7 Å². The maximum atomic E-state index is 13.9. The summed E-state index contributed by atoms with van der Waals surface area (Å²) in [6.07, 6.45) is 2.16. The third-order valence-electron chi connectivity index (χ3n) is 7.01. The number of piperazine rings is 1. The van der Waals surface area contributed by atoms with E-state index in [1.54, 1.807) is 6.07 Å². The molecule has 0 amide bonds. The predicted molar refractivity (Wildman–Crippen MR) is 142 cm³/mol. The van der Waals surface area contributed by atoms with E-state index in [0.29, 0.717) is 12.0 Å². The van der Waals surface area contributed by atoms with Gasteiger partial charge in [0.25, 0.3) is 0 Å². The summed E-state index contributed by atoms with van der Waals surface area (Å²) in [7, 11) is 2.48. The molecular formula is C28H31F3N4O5. The number of halogens is 3. The van der Waals surface area contributed by atoms with Gasteiger partial charge in [-0.1, -0.05) is 18.6 Å². The number of anilines is 1. The van der Waals surface area contributed by atoms with Crippen LogP contribution in [0.1, 0.15) is 40.1 Å². The average Bonchev–Trinajstić information content (AvgIpc) is 3.30. The summed E-state index contributed by atoms with van der Waals surface area (Å²) >= 11 is 0. The molecule has 214 valence electrons. The smallest absolute Gasteiger partial charge is 0.356 e. The number of para-hydroxylation sites is 1. The van der Waals surface area contributed by atoms with Crippen molar-refractivity contribution in [3.63, 3.8) is 0 Å². The highest BCUT2D eigenvalue weighted by atomic mass is 19.2. The number of ether oxygens (including phenoxy) is 2. The first kappa shape index (κ1) is 28.9. The van der Waals surface area contributed by atoms with Crippen molar-refractivity contribution >= 4 is 17.6 Å². The molecule has 1 saturated heterocycles. The number of rotatable bonds is 10. The zero-order valence-corrected chi connectivity index (χ0v) is 22.3. The van der Waals surface area contributed by atoms with E-state index < -0.39 is 29.1 Å². The molecule has 1 aliphatic rings. The first-order valence-corrected chi connectivity index (χ1v) is 13.0. The van der Waals surface area contributed by atoms with E-state index in [1.165, 1.54) is 11.7 Å². The Hall–Kier alpha value is -4.06. The molecule has 9 nitrogen and oxygen atoms in total. The molecule has 2 aromatic carbocycles. The fourth-order valence-corrected chi connectivity index (χ4v) is 4.95. The Kier molecular flexibility index (Phi) is 9.30. The molecule has 0 atom stereocenters. The van der Waals surface area contributed by atoms with Crippen LogP contribution in [0.5, 0.6) is 0 Å². The van der Waals surface area contributed by atoms with Crippen molar-refractivity contribution in [2.24, 2.45) is 0 Å². The Morgan fingerprint density at radius 2 is 1.50 bits per heavy atom. The molecule has 0 spiro atoms. The molecule has 0 saturated carbocycles. The van der Waals surface area contributed by atoms with Gasteiger partial charge in [0.05, 0.1) is 31.2 Å². The van der Waals surface area contributed by atoms with Gasteiger partial charge in [0.15, 0.2) is 23.1 Å². The van der Waals surface area contributed by atoms with Crippen LogP contribution < -0.4 is 10.6 Å². The number of aromatic nitrogens is 2. The van der Waals surface area contributed by atoms with E-state index in [-0.39, 0.29) is 29.5 Å². The van der Waals surface area contributed by atoms with E-state index in [2.05, 4.69) is 14.8 Å². The van der Waals surface area contributed by atoms with Crippen LogP contribution in [0.2, 0.25) is 0 Å². The molecule has 0 aliphatic carbocycles. The predicted octanol–water partition coefficient (Wildman–Crippen LogP) is 3.83. The lowest BCUT2D eigenvalue weighted by Crippen LogP contribution is -2.47. The second kappa shape index (κ2) is 12.9. The number of methoxy groups -OCH3 is 2. The first-order valence-electron chi connectivity index (χ1n) is 13.0. The SMILES string of the molecule is COC(=O)c1ccccc1N1CCN(CCCCCn2c(-c3cc(F)c(F)c(F)c3)c(C(=O)OC)[nH]c2=O)CC1. The van der Waals surface area contributed by atoms with Crippen LogP contribution in [0.25, 0.3) is 11.3 Å². The van der Waals surface area contributed by atoms with Crippen molar-refractivity contribution < 1.29 is 32.2 Å². The highest BCUT2D eigenvalue weighted by molar-refractivity contribution is 5.96. The van der Waals surface area contributed by atoms with Crippen molar-refractivity contribution in [2.75, 3.05) is 51.8 Å². The normalized spacial score (nSPS) is 13.9. The van der Waals surface area contributed by atoms with Gasteiger partial charge in [0.1, 0.15) is 0 Å². The van der Waals surface area contributed by atoms with E-state index in [0.717, 1.165) is 70.5 Å². The van der Waals surface area contributed by atoms with Crippen molar-refractivity contribution in [2.45, 2.75) is 25.8 Å². The number of carbonyl (C=O) groups excluding carboxylic acids is 2. The van der Waals surface area contributed by atoms with Crippen LogP contribution >= 0.6 is 0 Å². The Morgan fingerprint density at radius 1 is 0.875 bits per heavy atom. The zero-order valence-electron chi connectivity index (χ0n) is 22.3. The Labute approximate surface area is 229 Å². The number of nitrogens with zero attached hydrogens (tertiary/aromatic N) is 3. The summed E-state index contributed by atoms with van der Waals surface area (Å²) in [5.74, 6) is -5.75. The third-order valence-corrected chi connectivity index (χ3v) is 7.01. The van der Waals surface area contributed by atoms with Crippen molar-refractivity contribution in [3.8, 4) is 11.3 Å². The van der Waals surface area contributed by atoms with Crippen molar-refractivity contribution in [1.29, 1.82) is 0 Å².